The molecule has 1 aliphatic rings. The van der Waals surface area contributed by atoms with Gasteiger partial charge < -0.3 is 10.2 Å². The number of anilines is 3. The molecule has 23 heavy (non-hydrogen) atoms. The van der Waals surface area contributed by atoms with Gasteiger partial charge in [-0.25, -0.2) is 9.97 Å². The average Bonchev–Trinajstić information content (AvgIpc) is 2.88. The lowest BCUT2D eigenvalue weighted by molar-refractivity contribution is -0.383. The third-order valence-corrected chi connectivity index (χ3v) is 3.62. The number of hydrogen-bond acceptors (Lipinski definition) is 6. The maximum Gasteiger partial charge on any atom is 0.353 e. The zero-order valence-corrected chi connectivity index (χ0v) is 13.4. The number of nitro groups is 1. The Morgan fingerprint density at radius 1 is 1.26 bits per heavy atom. The number of benzene rings is 1. The summed E-state index contributed by atoms with van der Waals surface area (Å²) in [7, 11) is 0. The minimum atomic E-state index is -0.412. The Bertz CT molecular complexity index is 754. The minimum absolute atomic E-state index is 0.0841. The summed E-state index contributed by atoms with van der Waals surface area (Å²) in [4.78, 5) is 21.4. The summed E-state index contributed by atoms with van der Waals surface area (Å²) < 4.78 is 0. The fraction of sp³-hybridized carbons (Fsp3) is 0.375. The van der Waals surface area contributed by atoms with Crippen LogP contribution in [-0.2, 0) is 6.42 Å². The molecule has 0 radical (unpaired) electrons. The topological polar surface area (TPSA) is 84.2 Å². The summed E-state index contributed by atoms with van der Waals surface area (Å²) in [6, 6.07) is 7.91. The molecule has 7 heteroatoms. The van der Waals surface area contributed by atoms with Crippen LogP contribution in [0.1, 0.15) is 26.3 Å². The molecule has 2 heterocycles. The highest BCUT2D eigenvalue weighted by atomic mass is 16.6. The van der Waals surface area contributed by atoms with E-state index < -0.39 is 4.92 Å². The molecule has 1 aromatic carbocycles. The molecule has 3 rings (SSSR count). The third-order valence-electron chi connectivity index (χ3n) is 3.62. The fourth-order valence-corrected chi connectivity index (χ4v) is 2.74. The fourth-order valence-electron chi connectivity index (χ4n) is 2.74. The number of hydrogen-bond donors (Lipinski definition) is 1. The first-order valence-corrected chi connectivity index (χ1v) is 7.50. The van der Waals surface area contributed by atoms with Gasteiger partial charge in [-0.3, -0.25) is 10.1 Å². The van der Waals surface area contributed by atoms with Crippen LogP contribution in [0.3, 0.4) is 0 Å². The van der Waals surface area contributed by atoms with Crippen molar-refractivity contribution < 1.29 is 4.92 Å². The maximum atomic E-state index is 11.7. The first-order valence-electron chi connectivity index (χ1n) is 7.50. The van der Waals surface area contributed by atoms with Gasteiger partial charge in [0.1, 0.15) is 6.33 Å². The Kier molecular flexibility index (Phi) is 3.63. The first kappa shape index (κ1) is 15.2. The van der Waals surface area contributed by atoms with Gasteiger partial charge in [-0.15, -0.1) is 0 Å². The van der Waals surface area contributed by atoms with Crippen LogP contribution in [0.15, 0.2) is 30.6 Å². The van der Waals surface area contributed by atoms with Gasteiger partial charge in [0, 0.05) is 17.8 Å². The van der Waals surface area contributed by atoms with Crippen LogP contribution in [0.4, 0.5) is 23.0 Å². The van der Waals surface area contributed by atoms with Crippen molar-refractivity contribution in [2.75, 3.05) is 16.8 Å². The van der Waals surface area contributed by atoms with Crippen molar-refractivity contribution >= 4 is 23.0 Å². The standard InChI is InChI=1S/C16H19N5O2/c1-16(2,3)19-14-13(21(22)23)15(18-10-17-14)20-9-8-11-6-4-5-7-12(11)20/h4-7,10H,8-9H2,1-3H3,(H,17,18,19). The second-order valence-corrected chi connectivity index (χ2v) is 6.56. The molecule has 1 aliphatic heterocycles. The second-order valence-electron chi connectivity index (χ2n) is 6.56. The number of rotatable bonds is 3. The van der Waals surface area contributed by atoms with Crippen LogP contribution in [-0.4, -0.2) is 27.0 Å². The van der Waals surface area contributed by atoms with Crippen LogP contribution in [0.5, 0.6) is 0 Å². The summed E-state index contributed by atoms with van der Waals surface area (Å²) in [6.45, 7) is 6.48. The van der Waals surface area contributed by atoms with E-state index in [1.807, 2.05) is 49.9 Å². The molecule has 0 fully saturated rings. The van der Waals surface area contributed by atoms with E-state index in [1.54, 1.807) is 0 Å². The molecule has 7 nitrogen and oxygen atoms in total. The normalized spacial score (nSPS) is 13.8. The average molecular weight is 313 g/mol. The second kappa shape index (κ2) is 5.49. The molecule has 0 aliphatic carbocycles. The molecule has 0 saturated carbocycles. The number of para-hydroxylation sites is 1. The van der Waals surface area contributed by atoms with Gasteiger partial charge in [-0.2, -0.15) is 0 Å². The summed E-state index contributed by atoms with van der Waals surface area (Å²) in [6.07, 6.45) is 2.22. The summed E-state index contributed by atoms with van der Waals surface area (Å²) in [5.74, 6) is 0.582. The first-order chi connectivity index (χ1) is 10.9. The zero-order valence-electron chi connectivity index (χ0n) is 13.4. The van der Waals surface area contributed by atoms with E-state index in [-0.39, 0.29) is 17.0 Å². The highest BCUT2D eigenvalue weighted by Crippen LogP contribution is 2.40. The monoisotopic (exact) mass is 313 g/mol. The van der Waals surface area contributed by atoms with E-state index >= 15 is 0 Å². The van der Waals surface area contributed by atoms with Crippen molar-refractivity contribution in [1.29, 1.82) is 0 Å². The van der Waals surface area contributed by atoms with Crippen molar-refractivity contribution in [3.8, 4) is 0 Å². The van der Waals surface area contributed by atoms with Crippen molar-refractivity contribution in [3.63, 3.8) is 0 Å². The van der Waals surface area contributed by atoms with Crippen LogP contribution in [0.25, 0.3) is 0 Å². The number of nitrogens with zero attached hydrogens (tertiary/aromatic N) is 4. The van der Waals surface area contributed by atoms with E-state index in [1.165, 1.54) is 11.9 Å². The third kappa shape index (κ3) is 2.94. The molecule has 1 N–H and O–H groups in total. The highest BCUT2D eigenvalue weighted by Gasteiger charge is 2.32. The number of aromatic nitrogens is 2. The maximum absolute atomic E-state index is 11.7. The van der Waals surface area contributed by atoms with Gasteiger partial charge in [0.25, 0.3) is 0 Å². The Labute approximate surface area is 134 Å². The quantitative estimate of drug-likeness (QED) is 0.691. The van der Waals surface area contributed by atoms with Gasteiger partial charge in [0.15, 0.2) is 0 Å². The lowest BCUT2D eigenvalue weighted by Gasteiger charge is -2.23. The highest BCUT2D eigenvalue weighted by molar-refractivity contribution is 5.78. The molecule has 0 saturated heterocycles. The molecule has 2 aromatic rings. The zero-order chi connectivity index (χ0) is 16.6. The molecule has 0 atom stereocenters. The molecular formula is C16H19N5O2. The lowest BCUT2D eigenvalue weighted by Crippen LogP contribution is -2.28. The SMILES string of the molecule is CC(C)(C)Nc1ncnc(N2CCc3ccccc32)c1[N+](=O)[O-]. The van der Waals surface area contributed by atoms with Gasteiger partial charge in [-0.05, 0) is 38.8 Å². The van der Waals surface area contributed by atoms with Crippen LogP contribution >= 0.6 is 0 Å². The van der Waals surface area contributed by atoms with E-state index in [0.717, 1.165) is 12.1 Å². The molecule has 1 aromatic heterocycles. The summed E-state index contributed by atoms with van der Waals surface area (Å²) >= 11 is 0. The number of nitrogens with one attached hydrogen (secondary N) is 1. The van der Waals surface area contributed by atoms with Crippen molar-refractivity contribution in [2.24, 2.45) is 0 Å². The van der Waals surface area contributed by atoms with Crippen LogP contribution < -0.4 is 10.2 Å². The predicted molar refractivity (Wildman–Crippen MR) is 89.2 cm³/mol. The molecule has 0 unspecified atom stereocenters. The summed E-state index contributed by atoms with van der Waals surface area (Å²) in [5, 5.41) is 14.8. The molecule has 120 valence electrons. The van der Waals surface area contributed by atoms with Crippen molar-refractivity contribution in [1.82, 2.24) is 9.97 Å². The Balaban J connectivity index is 2.10. The Morgan fingerprint density at radius 2 is 2.00 bits per heavy atom. The van der Waals surface area contributed by atoms with E-state index in [9.17, 15) is 10.1 Å². The van der Waals surface area contributed by atoms with E-state index in [0.29, 0.717) is 12.4 Å². The largest absolute Gasteiger partial charge is 0.360 e. The van der Waals surface area contributed by atoms with Gasteiger partial charge in [-0.1, -0.05) is 18.2 Å². The van der Waals surface area contributed by atoms with E-state index in [4.69, 9.17) is 0 Å². The lowest BCUT2D eigenvalue weighted by atomic mass is 10.1. The van der Waals surface area contributed by atoms with Gasteiger partial charge in [0.2, 0.25) is 11.6 Å². The van der Waals surface area contributed by atoms with Gasteiger partial charge >= 0.3 is 5.69 Å². The Hall–Kier alpha value is -2.70. The van der Waals surface area contributed by atoms with Crippen molar-refractivity contribution in [3.05, 3.63) is 46.3 Å². The van der Waals surface area contributed by atoms with Crippen molar-refractivity contribution in [2.45, 2.75) is 32.7 Å². The van der Waals surface area contributed by atoms with E-state index in [2.05, 4.69) is 15.3 Å². The number of fused-ring (bicyclic) bond motifs is 1. The molecule has 0 spiro atoms. The predicted octanol–water partition coefficient (Wildman–Crippen LogP) is 3.29. The smallest absolute Gasteiger partial charge is 0.353 e. The Morgan fingerprint density at radius 3 is 2.70 bits per heavy atom. The minimum Gasteiger partial charge on any atom is -0.360 e. The molecule has 0 bridgehead atoms. The molecular weight excluding hydrogens is 294 g/mol. The van der Waals surface area contributed by atoms with Gasteiger partial charge in [0.05, 0.1) is 4.92 Å². The summed E-state index contributed by atoms with van der Waals surface area (Å²) in [5.41, 5.74) is 1.72. The van der Waals surface area contributed by atoms with Crippen LogP contribution in [0, 0.1) is 10.1 Å². The molecule has 0 amide bonds. The van der Waals surface area contributed by atoms with Crippen LogP contribution in [0.2, 0.25) is 0 Å².